The quantitative estimate of drug-likeness (QED) is 0.503. The van der Waals surface area contributed by atoms with Gasteiger partial charge in [-0.25, -0.2) is 0 Å². The summed E-state index contributed by atoms with van der Waals surface area (Å²) in [4.78, 5) is 37.0. The summed E-state index contributed by atoms with van der Waals surface area (Å²) in [6, 6.07) is 9.78. The van der Waals surface area contributed by atoms with Crippen molar-refractivity contribution in [2.45, 2.75) is 0 Å². The third-order valence-electron chi connectivity index (χ3n) is 4.02. The van der Waals surface area contributed by atoms with Gasteiger partial charge in [0, 0.05) is 25.0 Å². The van der Waals surface area contributed by atoms with Crippen LogP contribution in [0.25, 0.3) is 12.2 Å². The molecule has 0 aliphatic carbocycles. The minimum Gasteiger partial charge on any atom is -0.305 e. The van der Waals surface area contributed by atoms with Gasteiger partial charge in [-0.05, 0) is 29.7 Å². The average molecular weight is 369 g/mol. The van der Waals surface area contributed by atoms with Crippen molar-refractivity contribution >= 4 is 29.2 Å². The van der Waals surface area contributed by atoms with Crippen LogP contribution in [-0.2, 0) is 14.1 Å². The Kier molecular flexibility index (Phi) is 4.68. The van der Waals surface area contributed by atoms with Gasteiger partial charge in [0.15, 0.2) is 0 Å². The number of para-hydroxylation sites is 1. The van der Waals surface area contributed by atoms with Crippen LogP contribution in [-0.4, -0.2) is 14.1 Å². The fourth-order valence-electron chi connectivity index (χ4n) is 2.60. The van der Waals surface area contributed by atoms with Crippen molar-refractivity contribution in [3.05, 3.63) is 93.7 Å². The first-order chi connectivity index (χ1) is 12.4. The van der Waals surface area contributed by atoms with E-state index in [0.717, 1.165) is 4.88 Å². The Bertz CT molecular complexity index is 1220. The second kappa shape index (κ2) is 6.93. The molecule has 3 rings (SSSR count). The van der Waals surface area contributed by atoms with Crippen molar-refractivity contribution < 1.29 is 4.92 Å². The lowest BCUT2D eigenvalue weighted by Crippen LogP contribution is -2.56. The van der Waals surface area contributed by atoms with Crippen molar-refractivity contribution in [1.29, 1.82) is 0 Å². The minimum atomic E-state index is -0.520. The number of thiophene rings is 1. The predicted octanol–water partition coefficient (Wildman–Crippen LogP) is 0.711. The van der Waals surface area contributed by atoms with Gasteiger partial charge in [-0.2, -0.15) is 0 Å². The molecule has 0 amide bonds. The number of nitrogens with zero attached hydrogens (tertiary/aromatic N) is 3. The summed E-state index contributed by atoms with van der Waals surface area (Å²) in [7, 11) is 3.00. The first-order valence-electron chi connectivity index (χ1n) is 7.66. The Labute approximate surface area is 151 Å². The Morgan fingerprint density at radius 2 is 1.58 bits per heavy atom. The first-order valence-corrected chi connectivity index (χ1v) is 8.54. The maximum absolute atomic E-state index is 12.8. The van der Waals surface area contributed by atoms with E-state index < -0.39 is 10.5 Å². The molecule has 0 aliphatic heterocycles. The molecule has 0 unspecified atom stereocenters. The van der Waals surface area contributed by atoms with Crippen LogP contribution < -0.4 is 21.8 Å². The Morgan fingerprint density at radius 1 is 0.962 bits per heavy atom. The molecule has 8 heteroatoms. The van der Waals surface area contributed by atoms with Crippen molar-refractivity contribution in [3.8, 4) is 0 Å². The van der Waals surface area contributed by atoms with E-state index in [1.807, 2.05) is 17.5 Å². The molecule has 132 valence electrons. The second-order valence-corrected chi connectivity index (χ2v) is 6.60. The summed E-state index contributed by atoms with van der Waals surface area (Å²) in [5.41, 5.74) is -0.630. The van der Waals surface area contributed by atoms with Crippen molar-refractivity contribution in [3.63, 3.8) is 0 Å². The van der Waals surface area contributed by atoms with Crippen molar-refractivity contribution in [2.75, 3.05) is 0 Å². The summed E-state index contributed by atoms with van der Waals surface area (Å²) in [5.74, 6) is 0. The summed E-state index contributed by atoms with van der Waals surface area (Å²) in [6.45, 7) is 0. The highest BCUT2D eigenvalue weighted by Gasteiger charge is 2.12. The first kappa shape index (κ1) is 17.6. The molecule has 1 aromatic carbocycles. The van der Waals surface area contributed by atoms with Gasteiger partial charge in [0.1, 0.15) is 10.7 Å². The lowest BCUT2D eigenvalue weighted by atomic mass is 10.1. The van der Waals surface area contributed by atoms with Crippen LogP contribution >= 0.6 is 11.3 Å². The van der Waals surface area contributed by atoms with Gasteiger partial charge < -0.3 is 9.13 Å². The summed E-state index contributed by atoms with van der Waals surface area (Å²) in [5, 5.41) is 13.4. The third kappa shape index (κ3) is 3.14. The Balaban J connectivity index is 2.35. The smallest absolute Gasteiger partial charge is 0.276 e. The lowest BCUT2D eigenvalue weighted by molar-refractivity contribution is -0.385. The van der Waals surface area contributed by atoms with E-state index in [-0.39, 0.29) is 27.5 Å². The molecule has 0 saturated heterocycles. The second-order valence-electron chi connectivity index (χ2n) is 5.62. The number of nitro groups is 1. The van der Waals surface area contributed by atoms with Gasteiger partial charge in [0.05, 0.1) is 10.5 Å². The Hall–Kier alpha value is -3.26. The molecule has 0 fully saturated rings. The van der Waals surface area contributed by atoms with Gasteiger partial charge in [0.2, 0.25) is 0 Å². The molecule has 0 saturated carbocycles. The van der Waals surface area contributed by atoms with Gasteiger partial charge in [0.25, 0.3) is 16.8 Å². The predicted molar refractivity (Wildman–Crippen MR) is 101 cm³/mol. The number of aromatic nitrogens is 2. The van der Waals surface area contributed by atoms with Crippen LogP contribution in [0.15, 0.2) is 51.4 Å². The van der Waals surface area contributed by atoms with Crippen LogP contribution in [0, 0.1) is 10.1 Å². The zero-order chi connectivity index (χ0) is 18.8. The molecule has 26 heavy (non-hydrogen) atoms. The van der Waals surface area contributed by atoms with Gasteiger partial charge in [-0.1, -0.05) is 18.2 Å². The van der Waals surface area contributed by atoms with Crippen LogP contribution in [0.5, 0.6) is 0 Å². The van der Waals surface area contributed by atoms with Gasteiger partial charge in [-0.15, -0.1) is 11.3 Å². The third-order valence-corrected chi connectivity index (χ3v) is 4.84. The summed E-state index contributed by atoms with van der Waals surface area (Å²) >= 11 is 1.46. The molecule has 0 bridgehead atoms. The molecule has 0 atom stereocenters. The fraction of sp³-hybridized carbons (Fsp3) is 0.111. The zero-order valence-electron chi connectivity index (χ0n) is 14.1. The van der Waals surface area contributed by atoms with Crippen molar-refractivity contribution in [1.82, 2.24) is 9.13 Å². The highest BCUT2D eigenvalue weighted by molar-refractivity contribution is 7.10. The van der Waals surface area contributed by atoms with Crippen molar-refractivity contribution in [2.24, 2.45) is 14.1 Å². The molecule has 0 N–H and O–H groups in total. The number of hydrogen-bond acceptors (Lipinski definition) is 5. The highest BCUT2D eigenvalue weighted by atomic mass is 32.1. The minimum absolute atomic E-state index is 0.0788. The fourth-order valence-corrected chi connectivity index (χ4v) is 3.25. The molecule has 0 radical (unpaired) electrons. The van der Waals surface area contributed by atoms with Gasteiger partial charge >= 0.3 is 0 Å². The molecule has 3 aromatic rings. The molecule has 7 nitrogen and oxygen atoms in total. The number of benzene rings is 1. The van der Waals surface area contributed by atoms with E-state index in [4.69, 9.17) is 0 Å². The van der Waals surface area contributed by atoms with E-state index >= 15 is 0 Å². The molecule has 2 heterocycles. The van der Waals surface area contributed by atoms with E-state index in [2.05, 4.69) is 0 Å². The van der Waals surface area contributed by atoms with E-state index in [1.54, 1.807) is 18.2 Å². The van der Waals surface area contributed by atoms with E-state index in [0.29, 0.717) is 0 Å². The topological polar surface area (TPSA) is 87.1 Å². The van der Waals surface area contributed by atoms with E-state index in [1.165, 1.54) is 52.8 Å². The molecule has 0 spiro atoms. The molecule has 0 aliphatic rings. The van der Waals surface area contributed by atoms with Crippen LogP contribution in [0.3, 0.4) is 0 Å². The lowest BCUT2D eigenvalue weighted by Gasteiger charge is -2.05. The van der Waals surface area contributed by atoms with E-state index in [9.17, 15) is 19.7 Å². The molecular weight excluding hydrogens is 354 g/mol. The SMILES string of the molecule is Cn1c(=O)/c(=C/c2ccccc2[N+](=O)[O-])n(C)c(=O)/c1=C/c1cccs1. The molecule has 2 aromatic heterocycles. The highest BCUT2D eigenvalue weighted by Crippen LogP contribution is 2.17. The normalized spacial score (nSPS) is 12.5. The van der Waals surface area contributed by atoms with Gasteiger partial charge in [-0.3, -0.25) is 19.7 Å². The summed E-state index contributed by atoms with van der Waals surface area (Å²) in [6.07, 6.45) is 3.03. The Morgan fingerprint density at radius 3 is 2.15 bits per heavy atom. The average Bonchev–Trinajstić information content (AvgIpc) is 3.14. The maximum atomic E-state index is 12.8. The van der Waals surface area contributed by atoms with Crippen LogP contribution in [0.2, 0.25) is 0 Å². The van der Waals surface area contributed by atoms with Crippen LogP contribution in [0.1, 0.15) is 10.4 Å². The maximum Gasteiger partial charge on any atom is 0.276 e. The standard InChI is InChI=1S/C18H15N3O4S/c1-19-15(10-12-6-3-4-8-14(12)21(24)25)17(22)20(2)16(18(19)23)11-13-7-5-9-26-13/h3-11H,1-2H3/b15-10-,16-11-. The molecular formula is C18H15N3O4S. The largest absolute Gasteiger partial charge is 0.305 e. The number of rotatable bonds is 3. The van der Waals surface area contributed by atoms with Crippen LogP contribution in [0.4, 0.5) is 5.69 Å². The number of nitro benzene ring substituents is 1. The summed E-state index contributed by atoms with van der Waals surface area (Å²) < 4.78 is 2.49. The zero-order valence-corrected chi connectivity index (χ0v) is 14.9. The number of hydrogen-bond donors (Lipinski definition) is 0. The monoisotopic (exact) mass is 369 g/mol.